The maximum atomic E-state index is 5.97. The molecule has 3 rings (SSSR count). The zero-order chi connectivity index (χ0) is 12.5. The smallest absolute Gasteiger partial charge is 0.108 e. The topological polar surface area (TPSA) is 42.1 Å². The molecule has 2 aromatic rings. The number of rotatable bonds is 3. The van der Waals surface area contributed by atoms with Crippen LogP contribution < -0.4 is 5.73 Å². The van der Waals surface area contributed by atoms with E-state index in [2.05, 4.69) is 30.0 Å². The predicted molar refractivity (Wildman–Crippen MR) is 76.7 cm³/mol. The Kier molecular flexibility index (Phi) is 3.33. The van der Waals surface area contributed by atoms with Gasteiger partial charge in [-0.25, -0.2) is 4.98 Å². The fraction of sp³-hybridized carbons (Fsp3) is 0.500. The minimum Gasteiger partial charge on any atom is -0.328 e. The summed E-state index contributed by atoms with van der Waals surface area (Å²) in [6, 6.07) is 8.67. The Morgan fingerprint density at radius 1 is 1.50 bits per heavy atom. The Hall–Kier alpha value is -0.970. The number of nitrogens with zero attached hydrogens (tertiary/aromatic N) is 2. The molecule has 4 heteroatoms. The lowest BCUT2D eigenvalue weighted by Gasteiger charge is -2.16. The molecule has 1 fully saturated rings. The number of hydrogen-bond donors (Lipinski definition) is 1. The Morgan fingerprint density at radius 2 is 2.33 bits per heavy atom. The van der Waals surface area contributed by atoms with Crippen LogP contribution in [0.4, 0.5) is 0 Å². The van der Waals surface area contributed by atoms with Gasteiger partial charge in [0.05, 0.1) is 16.8 Å². The first-order valence-electron chi connectivity index (χ1n) is 6.55. The average molecular weight is 261 g/mol. The molecule has 2 heterocycles. The molecule has 0 amide bonds. The first-order valence-corrected chi connectivity index (χ1v) is 7.36. The lowest BCUT2D eigenvalue weighted by Crippen LogP contribution is -2.29. The van der Waals surface area contributed by atoms with Crippen LogP contribution >= 0.6 is 11.3 Å². The quantitative estimate of drug-likeness (QED) is 0.923. The number of thiazole rings is 1. The molecule has 0 aliphatic carbocycles. The monoisotopic (exact) mass is 261 g/mol. The van der Waals surface area contributed by atoms with Crippen molar-refractivity contribution in [3.05, 3.63) is 29.3 Å². The minimum atomic E-state index is 0.311. The molecule has 2 N–H and O–H groups in total. The second kappa shape index (κ2) is 4.96. The molecular weight excluding hydrogens is 242 g/mol. The van der Waals surface area contributed by atoms with E-state index in [0.29, 0.717) is 12.0 Å². The number of nitrogens with two attached hydrogens (primary N) is 1. The highest BCUT2D eigenvalue weighted by molar-refractivity contribution is 7.18. The molecule has 1 saturated heterocycles. The summed E-state index contributed by atoms with van der Waals surface area (Å²) in [6.07, 6.45) is 1.22. The Labute approximate surface area is 112 Å². The number of likely N-dealkylation sites (tertiary alicyclic amines) is 1. The van der Waals surface area contributed by atoms with Crippen LogP contribution in [0.5, 0.6) is 0 Å². The molecule has 1 aromatic carbocycles. The van der Waals surface area contributed by atoms with Gasteiger partial charge in [0.2, 0.25) is 0 Å². The number of para-hydroxylation sites is 1. The molecule has 0 radical (unpaired) electrons. The van der Waals surface area contributed by atoms with Crippen molar-refractivity contribution in [1.29, 1.82) is 0 Å². The Morgan fingerprint density at radius 3 is 3.06 bits per heavy atom. The molecule has 0 bridgehead atoms. The van der Waals surface area contributed by atoms with Crippen molar-refractivity contribution in [3.8, 4) is 0 Å². The first-order chi connectivity index (χ1) is 8.72. The van der Waals surface area contributed by atoms with E-state index < -0.39 is 0 Å². The van der Waals surface area contributed by atoms with Crippen molar-refractivity contribution in [1.82, 2.24) is 9.88 Å². The summed E-state index contributed by atoms with van der Waals surface area (Å²) >= 11 is 1.81. The highest BCUT2D eigenvalue weighted by Gasteiger charge is 2.25. The van der Waals surface area contributed by atoms with Gasteiger partial charge in [-0.1, -0.05) is 12.1 Å². The maximum absolute atomic E-state index is 5.97. The molecular formula is C14H19N3S. The van der Waals surface area contributed by atoms with Gasteiger partial charge >= 0.3 is 0 Å². The zero-order valence-corrected chi connectivity index (χ0v) is 11.5. The van der Waals surface area contributed by atoms with E-state index in [-0.39, 0.29) is 0 Å². The SMILES string of the molecule is CC(N)C1CCN(Cc2nc3ccccc3s2)C1. The van der Waals surface area contributed by atoms with E-state index in [1.807, 2.05) is 17.4 Å². The molecule has 1 aromatic heterocycles. The fourth-order valence-corrected chi connectivity index (χ4v) is 3.62. The van der Waals surface area contributed by atoms with E-state index in [4.69, 9.17) is 10.7 Å². The van der Waals surface area contributed by atoms with E-state index >= 15 is 0 Å². The van der Waals surface area contributed by atoms with Crippen LogP contribution in [0.1, 0.15) is 18.4 Å². The third kappa shape index (κ3) is 2.41. The van der Waals surface area contributed by atoms with E-state index in [1.165, 1.54) is 16.1 Å². The number of aromatic nitrogens is 1. The average Bonchev–Trinajstić information content (AvgIpc) is 2.94. The molecule has 96 valence electrons. The van der Waals surface area contributed by atoms with Gasteiger partial charge in [-0.15, -0.1) is 11.3 Å². The normalized spacial score (nSPS) is 22.7. The molecule has 18 heavy (non-hydrogen) atoms. The third-order valence-electron chi connectivity index (χ3n) is 3.75. The van der Waals surface area contributed by atoms with Gasteiger partial charge in [-0.2, -0.15) is 0 Å². The summed E-state index contributed by atoms with van der Waals surface area (Å²) in [7, 11) is 0. The van der Waals surface area contributed by atoms with E-state index in [9.17, 15) is 0 Å². The van der Waals surface area contributed by atoms with Gasteiger partial charge < -0.3 is 5.73 Å². The predicted octanol–water partition coefficient (Wildman–Crippen LogP) is 2.47. The molecule has 3 nitrogen and oxygen atoms in total. The van der Waals surface area contributed by atoms with Gasteiger partial charge in [-0.3, -0.25) is 4.90 Å². The minimum absolute atomic E-state index is 0.311. The number of fused-ring (bicyclic) bond motifs is 1. The Bertz CT molecular complexity index is 502. The van der Waals surface area contributed by atoms with Gasteiger partial charge in [0.15, 0.2) is 0 Å². The number of hydrogen-bond acceptors (Lipinski definition) is 4. The van der Waals surface area contributed by atoms with E-state index in [1.54, 1.807) is 0 Å². The van der Waals surface area contributed by atoms with Gasteiger partial charge in [0.25, 0.3) is 0 Å². The lowest BCUT2D eigenvalue weighted by atomic mass is 10.0. The zero-order valence-electron chi connectivity index (χ0n) is 10.7. The highest BCUT2D eigenvalue weighted by atomic mass is 32.1. The summed E-state index contributed by atoms with van der Waals surface area (Å²) in [6.45, 7) is 5.37. The molecule has 0 saturated carbocycles. The molecule has 1 aliphatic rings. The summed E-state index contributed by atoms with van der Waals surface area (Å²) in [5, 5.41) is 1.22. The van der Waals surface area contributed by atoms with Crippen molar-refractivity contribution < 1.29 is 0 Å². The van der Waals surface area contributed by atoms with Crippen LogP contribution in [0, 0.1) is 5.92 Å². The fourth-order valence-electron chi connectivity index (χ4n) is 2.61. The van der Waals surface area contributed by atoms with E-state index in [0.717, 1.165) is 25.2 Å². The molecule has 2 unspecified atom stereocenters. The number of benzene rings is 1. The molecule has 2 atom stereocenters. The van der Waals surface area contributed by atoms with Crippen molar-refractivity contribution in [2.45, 2.75) is 25.9 Å². The molecule has 1 aliphatic heterocycles. The van der Waals surface area contributed by atoms with Crippen molar-refractivity contribution >= 4 is 21.6 Å². The van der Waals surface area contributed by atoms with Crippen LogP contribution in [0.2, 0.25) is 0 Å². The third-order valence-corrected chi connectivity index (χ3v) is 4.77. The van der Waals surface area contributed by atoms with Crippen LogP contribution in [0.25, 0.3) is 10.2 Å². The van der Waals surface area contributed by atoms with Crippen LogP contribution in [0.3, 0.4) is 0 Å². The van der Waals surface area contributed by atoms with Crippen molar-refractivity contribution in [3.63, 3.8) is 0 Å². The largest absolute Gasteiger partial charge is 0.328 e. The van der Waals surface area contributed by atoms with Crippen molar-refractivity contribution in [2.75, 3.05) is 13.1 Å². The standard InChI is InChI=1S/C14H19N3S/c1-10(15)11-6-7-17(8-11)9-14-16-12-4-2-3-5-13(12)18-14/h2-5,10-11H,6-9,15H2,1H3. The maximum Gasteiger partial charge on any atom is 0.108 e. The van der Waals surface area contributed by atoms with Crippen LogP contribution in [0.15, 0.2) is 24.3 Å². The van der Waals surface area contributed by atoms with Gasteiger partial charge in [0.1, 0.15) is 5.01 Å². The summed E-state index contributed by atoms with van der Waals surface area (Å²) in [4.78, 5) is 7.17. The van der Waals surface area contributed by atoms with Gasteiger partial charge in [-0.05, 0) is 37.9 Å². The molecule has 0 spiro atoms. The Balaban J connectivity index is 1.70. The summed E-state index contributed by atoms with van der Waals surface area (Å²) in [5.74, 6) is 0.652. The first kappa shape index (κ1) is 12.1. The van der Waals surface area contributed by atoms with Crippen LogP contribution in [-0.4, -0.2) is 29.0 Å². The highest BCUT2D eigenvalue weighted by Crippen LogP contribution is 2.25. The van der Waals surface area contributed by atoms with Gasteiger partial charge in [0, 0.05) is 12.6 Å². The second-order valence-electron chi connectivity index (χ2n) is 5.22. The van der Waals surface area contributed by atoms with Crippen LogP contribution in [-0.2, 0) is 6.54 Å². The lowest BCUT2D eigenvalue weighted by molar-refractivity contribution is 0.308. The summed E-state index contributed by atoms with van der Waals surface area (Å²) < 4.78 is 1.29. The van der Waals surface area contributed by atoms with Crippen molar-refractivity contribution in [2.24, 2.45) is 11.7 Å². The second-order valence-corrected chi connectivity index (χ2v) is 6.33. The summed E-state index contributed by atoms with van der Waals surface area (Å²) in [5.41, 5.74) is 7.10.